The Bertz CT molecular complexity index is 184. The first-order valence-corrected chi connectivity index (χ1v) is 7.42. The van der Waals surface area contributed by atoms with Gasteiger partial charge in [0.05, 0.1) is 6.10 Å². The minimum atomic E-state index is -0.208. The van der Waals surface area contributed by atoms with Crippen LogP contribution in [0.25, 0.3) is 0 Å². The Morgan fingerprint density at radius 3 is 2.06 bits per heavy atom. The Morgan fingerprint density at radius 1 is 1.00 bits per heavy atom. The van der Waals surface area contributed by atoms with Gasteiger partial charge in [-0.1, -0.05) is 64.5 Å². The summed E-state index contributed by atoms with van der Waals surface area (Å²) in [4.78, 5) is 0. The van der Waals surface area contributed by atoms with E-state index in [1.165, 1.54) is 50.5 Å². The minimum absolute atomic E-state index is 0.208. The zero-order valence-electron chi connectivity index (χ0n) is 12.2. The highest BCUT2D eigenvalue weighted by molar-refractivity contribution is 4.95. The van der Waals surface area contributed by atoms with Crippen LogP contribution in [0.3, 0.4) is 0 Å². The molecule has 0 aromatic rings. The van der Waals surface area contributed by atoms with Gasteiger partial charge in [0, 0.05) is 0 Å². The van der Waals surface area contributed by atoms with Gasteiger partial charge in [0.1, 0.15) is 0 Å². The lowest BCUT2D eigenvalue weighted by Crippen LogP contribution is -2.13. The van der Waals surface area contributed by atoms with Crippen LogP contribution in [0.4, 0.5) is 0 Å². The molecule has 17 heavy (non-hydrogen) atoms. The molecule has 1 nitrogen and oxygen atoms in total. The zero-order valence-corrected chi connectivity index (χ0v) is 12.2. The Morgan fingerprint density at radius 2 is 1.53 bits per heavy atom. The molecule has 0 rings (SSSR count). The predicted molar refractivity (Wildman–Crippen MR) is 77.2 cm³/mol. The molecule has 0 amide bonds. The van der Waals surface area contributed by atoms with Gasteiger partial charge in [-0.05, 0) is 32.1 Å². The molecule has 0 saturated heterocycles. The van der Waals surface area contributed by atoms with Gasteiger partial charge in [0.25, 0.3) is 0 Å². The Balaban J connectivity index is 3.33. The number of aliphatic hydroxyl groups is 1. The third-order valence-electron chi connectivity index (χ3n) is 3.57. The summed E-state index contributed by atoms with van der Waals surface area (Å²) < 4.78 is 0. The van der Waals surface area contributed by atoms with Crippen LogP contribution in [0.5, 0.6) is 0 Å². The van der Waals surface area contributed by atoms with Gasteiger partial charge in [-0.2, -0.15) is 0 Å². The molecule has 0 aliphatic rings. The second-order valence-corrected chi connectivity index (χ2v) is 5.54. The molecule has 102 valence electrons. The number of hydrogen-bond acceptors (Lipinski definition) is 1. The number of allylic oxidation sites excluding steroid dienone is 1. The summed E-state index contributed by atoms with van der Waals surface area (Å²) in [6, 6.07) is 0. The molecule has 2 atom stereocenters. The molecular formula is C16H32O. The highest BCUT2D eigenvalue weighted by atomic mass is 16.3. The number of unbranched alkanes of at least 4 members (excludes halogenated alkanes) is 6. The molecule has 0 heterocycles. The quantitative estimate of drug-likeness (QED) is 0.394. The lowest BCUT2D eigenvalue weighted by Gasteiger charge is -2.15. The van der Waals surface area contributed by atoms with E-state index >= 15 is 0 Å². The summed E-state index contributed by atoms with van der Waals surface area (Å²) in [5, 5.41) is 9.42. The summed E-state index contributed by atoms with van der Waals surface area (Å²) >= 11 is 0. The minimum Gasteiger partial charge on any atom is -0.393 e. The van der Waals surface area contributed by atoms with Gasteiger partial charge in [0.2, 0.25) is 0 Å². The highest BCUT2D eigenvalue weighted by Gasteiger charge is 2.09. The molecule has 0 saturated carbocycles. The van der Waals surface area contributed by atoms with E-state index in [9.17, 15) is 5.11 Å². The summed E-state index contributed by atoms with van der Waals surface area (Å²) in [7, 11) is 0. The summed E-state index contributed by atoms with van der Waals surface area (Å²) in [5.74, 6) is 0.354. The first kappa shape index (κ1) is 16.7. The Labute approximate surface area is 108 Å². The first-order valence-electron chi connectivity index (χ1n) is 7.42. The molecule has 0 aromatic carbocycles. The molecule has 2 unspecified atom stereocenters. The topological polar surface area (TPSA) is 20.2 Å². The number of aliphatic hydroxyl groups excluding tert-OH is 1. The molecule has 0 aliphatic heterocycles. The molecule has 0 spiro atoms. The molecule has 0 radical (unpaired) electrons. The van der Waals surface area contributed by atoms with Crippen LogP contribution in [0.15, 0.2) is 12.2 Å². The smallest absolute Gasteiger partial charge is 0.0540 e. The molecular weight excluding hydrogens is 208 g/mol. The maximum atomic E-state index is 9.42. The van der Waals surface area contributed by atoms with Gasteiger partial charge in [-0.3, -0.25) is 0 Å². The van der Waals surface area contributed by atoms with Gasteiger partial charge in [-0.15, -0.1) is 0 Å². The Kier molecular flexibility index (Phi) is 10.6. The maximum absolute atomic E-state index is 9.42. The van der Waals surface area contributed by atoms with Crippen LogP contribution in [-0.2, 0) is 0 Å². The molecule has 0 aromatic heterocycles. The van der Waals surface area contributed by atoms with E-state index in [0.717, 1.165) is 12.8 Å². The van der Waals surface area contributed by atoms with E-state index in [4.69, 9.17) is 0 Å². The Hall–Kier alpha value is -0.300. The fraction of sp³-hybridized carbons (Fsp3) is 0.875. The van der Waals surface area contributed by atoms with Crippen molar-refractivity contribution in [3.05, 3.63) is 12.2 Å². The van der Waals surface area contributed by atoms with Crippen LogP contribution in [-0.4, -0.2) is 11.2 Å². The average Bonchev–Trinajstić information content (AvgIpc) is 2.27. The van der Waals surface area contributed by atoms with Gasteiger partial charge < -0.3 is 5.11 Å². The van der Waals surface area contributed by atoms with E-state index in [2.05, 4.69) is 20.4 Å². The van der Waals surface area contributed by atoms with Crippen molar-refractivity contribution in [1.29, 1.82) is 0 Å². The molecule has 0 bridgehead atoms. The summed E-state index contributed by atoms with van der Waals surface area (Å²) in [6.07, 6.45) is 11.4. The van der Waals surface area contributed by atoms with Crippen molar-refractivity contribution in [2.45, 2.75) is 84.7 Å². The summed E-state index contributed by atoms with van der Waals surface area (Å²) in [5.41, 5.74) is 1.31. The average molecular weight is 240 g/mol. The van der Waals surface area contributed by atoms with Crippen LogP contribution < -0.4 is 0 Å². The lowest BCUT2D eigenvalue weighted by atomic mass is 9.94. The standard InChI is InChI=1S/C16H32O/c1-5-6-7-8-9-10-11-12-14(2)13-15(3)16(4)17/h15-17H,2,5-13H2,1,3-4H3. The highest BCUT2D eigenvalue weighted by Crippen LogP contribution is 2.19. The summed E-state index contributed by atoms with van der Waals surface area (Å²) in [6.45, 7) is 10.3. The predicted octanol–water partition coefficient (Wildman–Crippen LogP) is 5.09. The number of rotatable bonds is 11. The monoisotopic (exact) mass is 240 g/mol. The van der Waals surface area contributed by atoms with Gasteiger partial charge >= 0.3 is 0 Å². The largest absolute Gasteiger partial charge is 0.393 e. The fourth-order valence-corrected chi connectivity index (χ4v) is 2.06. The zero-order chi connectivity index (χ0) is 13.1. The fourth-order valence-electron chi connectivity index (χ4n) is 2.06. The number of hydrogen-bond donors (Lipinski definition) is 1. The molecule has 0 aliphatic carbocycles. The van der Waals surface area contributed by atoms with E-state index < -0.39 is 0 Å². The van der Waals surface area contributed by atoms with Gasteiger partial charge in [-0.25, -0.2) is 0 Å². The lowest BCUT2D eigenvalue weighted by molar-refractivity contribution is 0.134. The van der Waals surface area contributed by atoms with Crippen molar-refractivity contribution in [2.75, 3.05) is 0 Å². The van der Waals surface area contributed by atoms with Crippen molar-refractivity contribution >= 4 is 0 Å². The molecule has 1 heteroatoms. The maximum Gasteiger partial charge on any atom is 0.0540 e. The van der Waals surface area contributed by atoms with Crippen LogP contribution in [0, 0.1) is 5.92 Å². The van der Waals surface area contributed by atoms with Crippen molar-refractivity contribution in [3.8, 4) is 0 Å². The van der Waals surface area contributed by atoms with Gasteiger partial charge in [0.15, 0.2) is 0 Å². The van der Waals surface area contributed by atoms with Crippen LogP contribution in [0.2, 0.25) is 0 Å². The molecule has 1 N–H and O–H groups in total. The van der Waals surface area contributed by atoms with Crippen molar-refractivity contribution in [2.24, 2.45) is 5.92 Å². The second kappa shape index (κ2) is 10.8. The van der Waals surface area contributed by atoms with Crippen molar-refractivity contribution < 1.29 is 5.11 Å². The van der Waals surface area contributed by atoms with Crippen molar-refractivity contribution in [1.82, 2.24) is 0 Å². The normalized spacial score (nSPS) is 14.6. The molecule has 0 fully saturated rings. The van der Waals surface area contributed by atoms with E-state index in [1.54, 1.807) is 0 Å². The second-order valence-electron chi connectivity index (χ2n) is 5.54. The third kappa shape index (κ3) is 10.6. The SMILES string of the molecule is C=C(CCCCCCCCC)CC(C)C(C)O. The van der Waals surface area contributed by atoms with E-state index in [0.29, 0.717) is 5.92 Å². The third-order valence-corrected chi connectivity index (χ3v) is 3.57. The van der Waals surface area contributed by atoms with Crippen molar-refractivity contribution in [3.63, 3.8) is 0 Å². The van der Waals surface area contributed by atoms with E-state index in [-0.39, 0.29) is 6.10 Å². The first-order chi connectivity index (χ1) is 8.07. The van der Waals surface area contributed by atoms with Crippen LogP contribution in [0.1, 0.15) is 78.6 Å². The van der Waals surface area contributed by atoms with Crippen LogP contribution >= 0.6 is 0 Å². The van der Waals surface area contributed by atoms with E-state index in [1.807, 2.05) is 6.92 Å².